The number of carbonyl (C=O) groups is 2. The minimum Gasteiger partial charge on any atom is -0.493 e. The molecule has 142 valence electrons. The van der Waals surface area contributed by atoms with E-state index in [1.807, 2.05) is 49.4 Å². The molecule has 3 rings (SSSR count). The molecule has 0 fully saturated rings. The Morgan fingerprint density at radius 3 is 2.54 bits per heavy atom. The van der Waals surface area contributed by atoms with E-state index < -0.39 is 11.8 Å². The van der Waals surface area contributed by atoms with Crippen molar-refractivity contribution in [3.8, 4) is 5.75 Å². The molecule has 28 heavy (non-hydrogen) atoms. The largest absolute Gasteiger partial charge is 0.493 e. The van der Waals surface area contributed by atoms with E-state index in [0.29, 0.717) is 17.9 Å². The molecule has 5 nitrogen and oxygen atoms in total. The molecule has 0 unspecified atom stereocenters. The first kappa shape index (κ1) is 19.2. The molecule has 0 atom stereocenters. The van der Waals surface area contributed by atoms with Crippen molar-refractivity contribution >= 4 is 28.7 Å². The van der Waals surface area contributed by atoms with Crippen molar-refractivity contribution in [2.45, 2.75) is 13.3 Å². The molecule has 0 aromatic heterocycles. The monoisotopic (exact) mass is 374 g/mol. The minimum absolute atomic E-state index is 0.370. The summed E-state index contributed by atoms with van der Waals surface area (Å²) in [5.74, 6) is -0.366. The zero-order chi connectivity index (χ0) is 19.8. The SMILES string of the molecule is CCCOc1ccccc1C(=O)NNC(=O)/C=C/c1cccc2ccccc12. The van der Waals surface area contributed by atoms with Crippen molar-refractivity contribution in [3.05, 3.63) is 83.9 Å². The predicted octanol–water partition coefficient (Wildman–Crippen LogP) is 4.10. The second-order valence-electron chi connectivity index (χ2n) is 6.19. The maximum Gasteiger partial charge on any atom is 0.273 e. The van der Waals surface area contributed by atoms with Crippen LogP contribution in [0.1, 0.15) is 29.3 Å². The number of rotatable bonds is 6. The van der Waals surface area contributed by atoms with E-state index in [0.717, 1.165) is 22.8 Å². The Bertz CT molecular complexity index is 1010. The molecule has 2 amide bonds. The van der Waals surface area contributed by atoms with Crippen LogP contribution in [0.3, 0.4) is 0 Å². The van der Waals surface area contributed by atoms with Gasteiger partial charge in [0.05, 0.1) is 12.2 Å². The van der Waals surface area contributed by atoms with E-state index in [4.69, 9.17) is 4.74 Å². The third kappa shape index (κ3) is 4.76. The first-order valence-corrected chi connectivity index (χ1v) is 9.17. The van der Waals surface area contributed by atoms with Crippen LogP contribution in [0, 0.1) is 0 Å². The lowest BCUT2D eigenvalue weighted by Gasteiger charge is -2.11. The molecule has 0 heterocycles. The van der Waals surface area contributed by atoms with Crippen LogP contribution in [0.5, 0.6) is 5.75 Å². The number of carbonyl (C=O) groups excluding carboxylic acids is 2. The number of hydrogen-bond acceptors (Lipinski definition) is 3. The van der Waals surface area contributed by atoms with Gasteiger partial charge in [-0.15, -0.1) is 0 Å². The van der Waals surface area contributed by atoms with Crippen LogP contribution in [0.4, 0.5) is 0 Å². The third-order valence-corrected chi connectivity index (χ3v) is 4.13. The van der Waals surface area contributed by atoms with Gasteiger partial charge in [0.2, 0.25) is 0 Å². The second kappa shape index (κ2) is 9.37. The lowest BCUT2D eigenvalue weighted by atomic mass is 10.0. The van der Waals surface area contributed by atoms with Gasteiger partial charge < -0.3 is 4.74 Å². The highest BCUT2D eigenvalue weighted by molar-refractivity contribution is 6.00. The summed E-state index contributed by atoms with van der Waals surface area (Å²) in [5, 5.41) is 2.15. The number of nitrogens with one attached hydrogen (secondary N) is 2. The molecule has 0 saturated carbocycles. The zero-order valence-electron chi connectivity index (χ0n) is 15.6. The van der Waals surface area contributed by atoms with Crippen LogP contribution < -0.4 is 15.6 Å². The van der Waals surface area contributed by atoms with Crippen molar-refractivity contribution in [2.24, 2.45) is 0 Å². The van der Waals surface area contributed by atoms with Gasteiger partial charge in [0, 0.05) is 6.08 Å². The predicted molar refractivity (Wildman–Crippen MR) is 111 cm³/mol. The van der Waals surface area contributed by atoms with Gasteiger partial charge >= 0.3 is 0 Å². The van der Waals surface area contributed by atoms with Crippen molar-refractivity contribution in [2.75, 3.05) is 6.61 Å². The van der Waals surface area contributed by atoms with E-state index in [1.165, 1.54) is 6.08 Å². The van der Waals surface area contributed by atoms with Crippen LogP contribution in [-0.4, -0.2) is 18.4 Å². The number of ether oxygens (including phenoxy) is 1. The van der Waals surface area contributed by atoms with Crippen LogP contribution in [0.2, 0.25) is 0 Å². The number of hydrogen-bond donors (Lipinski definition) is 2. The first-order chi connectivity index (χ1) is 13.7. The average Bonchev–Trinajstić information content (AvgIpc) is 2.74. The Balaban J connectivity index is 1.63. The molecule has 0 radical (unpaired) electrons. The fourth-order valence-corrected chi connectivity index (χ4v) is 2.78. The van der Waals surface area contributed by atoms with Gasteiger partial charge in [-0.05, 0) is 41.0 Å². The van der Waals surface area contributed by atoms with Gasteiger partial charge in [-0.2, -0.15) is 0 Å². The summed E-state index contributed by atoms with van der Waals surface area (Å²) in [4.78, 5) is 24.5. The molecule has 3 aromatic carbocycles. The molecule has 3 aromatic rings. The molecule has 2 N–H and O–H groups in total. The lowest BCUT2D eigenvalue weighted by molar-refractivity contribution is -0.117. The van der Waals surface area contributed by atoms with Crippen LogP contribution >= 0.6 is 0 Å². The number of para-hydroxylation sites is 1. The van der Waals surface area contributed by atoms with E-state index in [-0.39, 0.29) is 0 Å². The Labute approximate surface area is 164 Å². The number of benzene rings is 3. The Morgan fingerprint density at radius 1 is 0.929 bits per heavy atom. The normalized spacial score (nSPS) is 10.8. The molecule has 0 aliphatic carbocycles. The summed E-state index contributed by atoms with van der Waals surface area (Å²) in [5.41, 5.74) is 6.12. The number of hydrazine groups is 1. The summed E-state index contributed by atoms with van der Waals surface area (Å²) in [6.07, 6.45) is 3.95. The van der Waals surface area contributed by atoms with Crippen LogP contribution in [0.25, 0.3) is 16.8 Å². The first-order valence-electron chi connectivity index (χ1n) is 9.17. The summed E-state index contributed by atoms with van der Waals surface area (Å²) in [7, 11) is 0. The van der Waals surface area contributed by atoms with Crippen molar-refractivity contribution < 1.29 is 14.3 Å². The molecular formula is C23H22N2O3. The van der Waals surface area contributed by atoms with Gasteiger partial charge in [0.15, 0.2) is 0 Å². The standard InChI is InChI=1S/C23H22N2O3/c1-2-16-28-21-13-6-5-12-20(21)23(27)25-24-22(26)15-14-18-10-7-9-17-8-3-4-11-19(17)18/h3-15H,2,16H2,1H3,(H,24,26)(H,25,27)/b15-14+. The van der Waals surface area contributed by atoms with E-state index in [2.05, 4.69) is 10.9 Å². The topological polar surface area (TPSA) is 67.4 Å². The second-order valence-corrected chi connectivity index (χ2v) is 6.19. The van der Waals surface area contributed by atoms with Gasteiger partial charge in [0.1, 0.15) is 5.75 Å². The van der Waals surface area contributed by atoms with E-state index >= 15 is 0 Å². The molecule has 0 spiro atoms. The molecule has 5 heteroatoms. The van der Waals surface area contributed by atoms with Crippen molar-refractivity contribution in [1.29, 1.82) is 0 Å². The fraction of sp³-hybridized carbons (Fsp3) is 0.130. The smallest absolute Gasteiger partial charge is 0.273 e. The van der Waals surface area contributed by atoms with Gasteiger partial charge in [-0.1, -0.05) is 61.5 Å². The summed E-state index contributed by atoms with van der Waals surface area (Å²) < 4.78 is 5.57. The number of fused-ring (bicyclic) bond motifs is 1. The van der Waals surface area contributed by atoms with Gasteiger partial charge in [-0.25, -0.2) is 0 Å². The van der Waals surface area contributed by atoms with Gasteiger partial charge in [-0.3, -0.25) is 20.4 Å². The van der Waals surface area contributed by atoms with E-state index in [9.17, 15) is 9.59 Å². The fourth-order valence-electron chi connectivity index (χ4n) is 2.78. The highest BCUT2D eigenvalue weighted by Gasteiger charge is 2.12. The third-order valence-electron chi connectivity index (χ3n) is 4.13. The highest BCUT2D eigenvalue weighted by atomic mass is 16.5. The lowest BCUT2D eigenvalue weighted by Crippen LogP contribution is -2.40. The molecular weight excluding hydrogens is 352 g/mol. The zero-order valence-corrected chi connectivity index (χ0v) is 15.6. The molecule has 0 aliphatic heterocycles. The summed E-state index contributed by atoms with van der Waals surface area (Å²) in [6, 6.07) is 20.8. The summed E-state index contributed by atoms with van der Waals surface area (Å²) in [6.45, 7) is 2.51. The summed E-state index contributed by atoms with van der Waals surface area (Å²) >= 11 is 0. The molecule has 0 saturated heterocycles. The van der Waals surface area contributed by atoms with Crippen molar-refractivity contribution in [1.82, 2.24) is 10.9 Å². The maximum atomic E-state index is 12.4. The highest BCUT2D eigenvalue weighted by Crippen LogP contribution is 2.20. The molecule has 0 bridgehead atoms. The van der Waals surface area contributed by atoms with Crippen LogP contribution in [-0.2, 0) is 4.79 Å². The number of amides is 2. The van der Waals surface area contributed by atoms with E-state index in [1.54, 1.807) is 30.3 Å². The Morgan fingerprint density at radius 2 is 1.68 bits per heavy atom. The van der Waals surface area contributed by atoms with Gasteiger partial charge in [0.25, 0.3) is 11.8 Å². The molecule has 0 aliphatic rings. The average molecular weight is 374 g/mol. The maximum absolute atomic E-state index is 12.4. The van der Waals surface area contributed by atoms with Crippen molar-refractivity contribution in [3.63, 3.8) is 0 Å². The van der Waals surface area contributed by atoms with Crippen LogP contribution in [0.15, 0.2) is 72.8 Å². The minimum atomic E-state index is -0.432. The Hall–Kier alpha value is -3.60. The quantitative estimate of drug-likeness (QED) is 0.504. The Kier molecular flexibility index (Phi) is 6.41.